The number of carbonyl (C=O) groups is 1. The minimum atomic E-state index is 0.0431. The molecule has 1 fully saturated rings. The molecule has 1 aliphatic heterocycles. The van der Waals surface area contributed by atoms with Gasteiger partial charge in [-0.05, 0) is 37.1 Å². The summed E-state index contributed by atoms with van der Waals surface area (Å²) in [7, 11) is 1.65. The van der Waals surface area contributed by atoms with Crippen LogP contribution < -0.4 is 9.47 Å². The monoisotopic (exact) mass is 360 g/mol. The van der Waals surface area contributed by atoms with Crippen molar-refractivity contribution in [1.29, 1.82) is 0 Å². The van der Waals surface area contributed by atoms with E-state index in [1.807, 2.05) is 34.5 Å². The highest BCUT2D eigenvalue weighted by atomic mass is 32.1. The van der Waals surface area contributed by atoms with Gasteiger partial charge in [0, 0.05) is 31.3 Å². The Morgan fingerprint density at radius 1 is 1.24 bits per heavy atom. The van der Waals surface area contributed by atoms with Crippen LogP contribution in [-0.4, -0.2) is 42.1 Å². The van der Waals surface area contributed by atoms with Gasteiger partial charge in [-0.15, -0.1) is 11.3 Å². The van der Waals surface area contributed by atoms with Crippen molar-refractivity contribution in [2.75, 3.05) is 20.2 Å². The molecule has 1 aliphatic rings. The van der Waals surface area contributed by atoms with E-state index in [-0.39, 0.29) is 12.0 Å². The van der Waals surface area contributed by atoms with E-state index in [2.05, 4.69) is 11.9 Å². The zero-order chi connectivity index (χ0) is 17.6. The maximum atomic E-state index is 12.6. The first kappa shape index (κ1) is 17.7. The SMILES string of the molecule is CCCc1nc(C(=O)N2CCC(Oc3ccc(OC)cc3)CC2)cs1. The first-order chi connectivity index (χ1) is 12.2. The Kier molecular flexibility index (Phi) is 5.91. The molecule has 2 heterocycles. The highest BCUT2D eigenvalue weighted by Crippen LogP contribution is 2.23. The second kappa shape index (κ2) is 8.34. The van der Waals surface area contributed by atoms with Gasteiger partial charge in [-0.2, -0.15) is 0 Å². The summed E-state index contributed by atoms with van der Waals surface area (Å²) in [5.41, 5.74) is 0.586. The maximum Gasteiger partial charge on any atom is 0.273 e. The van der Waals surface area contributed by atoms with E-state index in [0.717, 1.165) is 42.2 Å². The molecular weight excluding hydrogens is 336 g/mol. The lowest BCUT2D eigenvalue weighted by Gasteiger charge is -2.31. The molecule has 2 aromatic rings. The predicted octanol–water partition coefficient (Wildman–Crippen LogP) is 3.79. The number of nitrogens with zero attached hydrogens (tertiary/aromatic N) is 2. The van der Waals surface area contributed by atoms with Gasteiger partial charge >= 0.3 is 0 Å². The molecule has 0 saturated carbocycles. The van der Waals surface area contributed by atoms with Crippen LogP contribution >= 0.6 is 11.3 Å². The van der Waals surface area contributed by atoms with Crippen LogP contribution in [0.25, 0.3) is 0 Å². The number of thiazole rings is 1. The van der Waals surface area contributed by atoms with Gasteiger partial charge in [0.1, 0.15) is 23.3 Å². The first-order valence-corrected chi connectivity index (χ1v) is 9.62. The number of carbonyl (C=O) groups excluding carboxylic acids is 1. The standard InChI is InChI=1S/C19H24N2O3S/c1-3-4-18-20-17(13-25-18)19(22)21-11-9-16(10-12-21)24-15-7-5-14(23-2)6-8-15/h5-8,13,16H,3-4,9-12H2,1-2H3. The van der Waals surface area contributed by atoms with E-state index in [1.54, 1.807) is 18.4 Å². The normalized spacial score (nSPS) is 15.2. The Labute approximate surface area is 152 Å². The number of hydrogen-bond acceptors (Lipinski definition) is 5. The largest absolute Gasteiger partial charge is 0.497 e. The lowest BCUT2D eigenvalue weighted by molar-refractivity contribution is 0.0590. The van der Waals surface area contributed by atoms with Crippen molar-refractivity contribution < 1.29 is 14.3 Å². The molecule has 134 valence electrons. The molecule has 25 heavy (non-hydrogen) atoms. The van der Waals surface area contributed by atoms with Gasteiger partial charge in [0.15, 0.2) is 0 Å². The summed E-state index contributed by atoms with van der Waals surface area (Å²) in [5.74, 6) is 1.70. The maximum absolute atomic E-state index is 12.6. The first-order valence-electron chi connectivity index (χ1n) is 8.74. The summed E-state index contributed by atoms with van der Waals surface area (Å²) >= 11 is 1.58. The minimum absolute atomic E-state index is 0.0431. The van der Waals surface area contributed by atoms with Crippen LogP contribution in [0, 0.1) is 0 Å². The fraction of sp³-hybridized carbons (Fsp3) is 0.474. The molecule has 0 aliphatic carbocycles. The quantitative estimate of drug-likeness (QED) is 0.786. The molecule has 0 atom stereocenters. The second-order valence-corrected chi connectivity index (χ2v) is 7.10. The van der Waals surface area contributed by atoms with Gasteiger partial charge in [-0.25, -0.2) is 4.98 Å². The topological polar surface area (TPSA) is 51.7 Å². The van der Waals surface area contributed by atoms with Crippen LogP contribution in [0.4, 0.5) is 0 Å². The molecular formula is C19H24N2O3S. The summed E-state index contributed by atoms with van der Waals surface area (Å²) in [6, 6.07) is 7.62. The van der Waals surface area contributed by atoms with Gasteiger partial charge in [0.2, 0.25) is 0 Å². The van der Waals surface area contributed by atoms with Crippen LogP contribution in [0.15, 0.2) is 29.6 Å². The molecule has 6 heteroatoms. The fourth-order valence-corrected chi connectivity index (χ4v) is 3.80. The molecule has 0 unspecified atom stereocenters. The number of rotatable bonds is 6. The van der Waals surface area contributed by atoms with E-state index in [1.165, 1.54) is 0 Å². The number of likely N-dealkylation sites (tertiary alicyclic amines) is 1. The average Bonchev–Trinajstić information content (AvgIpc) is 3.11. The van der Waals surface area contributed by atoms with Crippen molar-refractivity contribution in [3.63, 3.8) is 0 Å². The van der Waals surface area contributed by atoms with Gasteiger partial charge in [-0.3, -0.25) is 4.79 Å². The molecule has 1 saturated heterocycles. The molecule has 1 amide bonds. The number of hydrogen-bond donors (Lipinski definition) is 0. The Bertz CT molecular complexity index is 691. The van der Waals surface area contributed by atoms with E-state index in [4.69, 9.17) is 9.47 Å². The third kappa shape index (κ3) is 4.51. The summed E-state index contributed by atoms with van der Waals surface area (Å²) in [6.45, 7) is 3.54. The van der Waals surface area contributed by atoms with Crippen LogP contribution in [-0.2, 0) is 6.42 Å². The zero-order valence-electron chi connectivity index (χ0n) is 14.7. The summed E-state index contributed by atoms with van der Waals surface area (Å²) in [5, 5.41) is 2.93. The minimum Gasteiger partial charge on any atom is -0.497 e. The van der Waals surface area contributed by atoms with E-state index in [9.17, 15) is 4.79 Å². The molecule has 1 aromatic carbocycles. The van der Waals surface area contributed by atoms with Crippen LogP contribution in [0.5, 0.6) is 11.5 Å². The van der Waals surface area contributed by atoms with Gasteiger partial charge in [-0.1, -0.05) is 6.92 Å². The predicted molar refractivity (Wildman–Crippen MR) is 98.7 cm³/mol. The number of aryl methyl sites for hydroxylation is 1. The Morgan fingerprint density at radius 2 is 1.92 bits per heavy atom. The Balaban J connectivity index is 1.51. The molecule has 0 bridgehead atoms. The third-order valence-electron chi connectivity index (χ3n) is 4.33. The van der Waals surface area contributed by atoms with Crippen molar-refractivity contribution in [1.82, 2.24) is 9.88 Å². The van der Waals surface area contributed by atoms with E-state index < -0.39 is 0 Å². The molecule has 0 N–H and O–H groups in total. The number of piperidine rings is 1. The van der Waals surface area contributed by atoms with Crippen molar-refractivity contribution in [3.8, 4) is 11.5 Å². The summed E-state index contributed by atoms with van der Waals surface area (Å²) in [6.07, 6.45) is 3.81. The van der Waals surface area contributed by atoms with E-state index >= 15 is 0 Å². The highest BCUT2D eigenvalue weighted by Gasteiger charge is 2.26. The fourth-order valence-electron chi connectivity index (χ4n) is 2.92. The van der Waals surface area contributed by atoms with Crippen molar-refractivity contribution in [2.24, 2.45) is 0 Å². The number of ether oxygens (including phenoxy) is 2. The van der Waals surface area contributed by atoms with Crippen molar-refractivity contribution >= 4 is 17.2 Å². The highest BCUT2D eigenvalue weighted by molar-refractivity contribution is 7.09. The van der Waals surface area contributed by atoms with Crippen molar-refractivity contribution in [2.45, 2.75) is 38.7 Å². The second-order valence-electron chi connectivity index (χ2n) is 6.16. The number of aromatic nitrogens is 1. The van der Waals surface area contributed by atoms with E-state index in [0.29, 0.717) is 18.8 Å². The molecule has 1 aromatic heterocycles. The molecule has 3 rings (SSSR count). The van der Waals surface area contributed by atoms with Crippen LogP contribution in [0.2, 0.25) is 0 Å². The Morgan fingerprint density at radius 3 is 2.56 bits per heavy atom. The van der Waals surface area contributed by atoms with Gasteiger partial charge in [0.25, 0.3) is 5.91 Å². The number of benzene rings is 1. The average molecular weight is 360 g/mol. The van der Waals surface area contributed by atoms with Crippen LogP contribution in [0.3, 0.4) is 0 Å². The number of amides is 1. The van der Waals surface area contributed by atoms with Gasteiger partial charge in [0.05, 0.1) is 12.1 Å². The summed E-state index contributed by atoms with van der Waals surface area (Å²) < 4.78 is 11.2. The third-order valence-corrected chi connectivity index (χ3v) is 5.23. The lowest BCUT2D eigenvalue weighted by atomic mass is 10.1. The Hall–Kier alpha value is -2.08. The molecule has 0 spiro atoms. The molecule has 0 radical (unpaired) electrons. The zero-order valence-corrected chi connectivity index (χ0v) is 15.6. The molecule has 5 nitrogen and oxygen atoms in total. The van der Waals surface area contributed by atoms with Gasteiger partial charge < -0.3 is 14.4 Å². The van der Waals surface area contributed by atoms with Crippen LogP contribution in [0.1, 0.15) is 41.7 Å². The summed E-state index contributed by atoms with van der Waals surface area (Å²) in [4.78, 5) is 18.9. The van der Waals surface area contributed by atoms with Crippen molar-refractivity contribution in [3.05, 3.63) is 40.3 Å². The lowest BCUT2D eigenvalue weighted by Crippen LogP contribution is -2.41. The number of methoxy groups -OCH3 is 1. The smallest absolute Gasteiger partial charge is 0.273 e.